The molecule has 2 rings (SSSR count). The number of aryl methyl sites for hydroxylation is 1. The minimum absolute atomic E-state index is 0.0981. The van der Waals surface area contributed by atoms with Crippen LogP contribution in [0.5, 0.6) is 0 Å². The smallest absolute Gasteiger partial charge is 0.410 e. The van der Waals surface area contributed by atoms with E-state index in [1.807, 2.05) is 20.8 Å². The lowest BCUT2D eigenvalue weighted by molar-refractivity contribution is 0.0131. The molecule has 0 aliphatic carbocycles. The van der Waals surface area contributed by atoms with E-state index in [9.17, 15) is 14.4 Å². The number of likely N-dealkylation sites (tertiary alicyclic amines) is 1. The van der Waals surface area contributed by atoms with E-state index in [0.29, 0.717) is 18.7 Å². The van der Waals surface area contributed by atoms with E-state index < -0.39 is 5.60 Å². The van der Waals surface area contributed by atoms with E-state index in [2.05, 4.69) is 0 Å². The number of amides is 2. The summed E-state index contributed by atoms with van der Waals surface area (Å²) in [6.07, 6.45) is 2.81. The maximum absolute atomic E-state index is 12.7. The van der Waals surface area contributed by atoms with Gasteiger partial charge < -0.3 is 19.1 Å². The van der Waals surface area contributed by atoms with Crippen LogP contribution in [0.1, 0.15) is 44.0 Å². The van der Waals surface area contributed by atoms with Gasteiger partial charge in [-0.25, -0.2) is 4.79 Å². The Hall–Kier alpha value is -2.31. The highest BCUT2D eigenvalue weighted by atomic mass is 16.6. The Balaban J connectivity index is 2.07. The number of rotatable bonds is 2. The fourth-order valence-electron chi connectivity index (χ4n) is 2.80. The zero-order valence-electron chi connectivity index (χ0n) is 15.6. The number of aromatic nitrogens is 1. The van der Waals surface area contributed by atoms with Gasteiger partial charge in [-0.3, -0.25) is 9.59 Å². The quantitative estimate of drug-likeness (QED) is 0.817. The van der Waals surface area contributed by atoms with Crippen molar-refractivity contribution < 1.29 is 14.3 Å². The molecule has 7 heteroatoms. The molecule has 0 aromatic carbocycles. The predicted molar refractivity (Wildman–Crippen MR) is 94.6 cm³/mol. The molecule has 1 aliphatic rings. The molecule has 1 aromatic rings. The van der Waals surface area contributed by atoms with E-state index in [4.69, 9.17) is 4.74 Å². The van der Waals surface area contributed by atoms with E-state index in [1.54, 1.807) is 36.2 Å². The second-order valence-electron chi connectivity index (χ2n) is 7.50. The van der Waals surface area contributed by atoms with Gasteiger partial charge in [0.2, 0.25) is 0 Å². The lowest BCUT2D eigenvalue weighted by atomic mass is 10.0. The number of pyridine rings is 1. The molecule has 0 saturated carbocycles. The highest BCUT2D eigenvalue weighted by Gasteiger charge is 2.31. The maximum Gasteiger partial charge on any atom is 0.410 e. The summed E-state index contributed by atoms with van der Waals surface area (Å²) in [4.78, 5) is 39.9. The number of piperidine rings is 1. The van der Waals surface area contributed by atoms with Crippen LogP contribution in [-0.4, -0.2) is 58.1 Å². The van der Waals surface area contributed by atoms with Crippen molar-refractivity contribution in [2.45, 2.75) is 45.3 Å². The molecule has 1 atom stereocenters. The average molecular weight is 349 g/mol. The Bertz CT molecular complexity index is 705. The Morgan fingerprint density at radius 1 is 1.32 bits per heavy atom. The van der Waals surface area contributed by atoms with Gasteiger partial charge in [0.1, 0.15) is 5.60 Å². The van der Waals surface area contributed by atoms with Gasteiger partial charge in [-0.15, -0.1) is 0 Å². The molecule has 2 amide bonds. The van der Waals surface area contributed by atoms with Crippen molar-refractivity contribution in [2.24, 2.45) is 7.05 Å². The molecular formula is C18H27N3O4. The van der Waals surface area contributed by atoms with Gasteiger partial charge in [-0.1, -0.05) is 0 Å². The lowest BCUT2D eigenvalue weighted by Gasteiger charge is -2.38. The van der Waals surface area contributed by atoms with Gasteiger partial charge in [-0.05, 0) is 39.7 Å². The van der Waals surface area contributed by atoms with Crippen LogP contribution < -0.4 is 5.56 Å². The number of carbonyl (C=O) groups is 2. The number of ether oxygens (including phenoxy) is 1. The van der Waals surface area contributed by atoms with Crippen LogP contribution in [-0.2, 0) is 11.8 Å². The summed E-state index contributed by atoms with van der Waals surface area (Å²) in [7, 11) is 3.34. The molecule has 1 fully saturated rings. The molecule has 0 bridgehead atoms. The van der Waals surface area contributed by atoms with Crippen LogP contribution >= 0.6 is 0 Å². The number of likely N-dealkylation sites (N-methyl/N-ethyl adjacent to an activating group) is 1. The van der Waals surface area contributed by atoms with E-state index in [0.717, 1.165) is 12.8 Å². The maximum atomic E-state index is 12.7. The molecular weight excluding hydrogens is 322 g/mol. The van der Waals surface area contributed by atoms with Crippen LogP contribution in [0.4, 0.5) is 4.79 Å². The predicted octanol–water partition coefficient (Wildman–Crippen LogP) is 1.86. The summed E-state index contributed by atoms with van der Waals surface area (Å²) in [5, 5.41) is 0. The van der Waals surface area contributed by atoms with Gasteiger partial charge in [0.05, 0.1) is 6.04 Å². The number of nitrogens with zero attached hydrogens (tertiary/aromatic N) is 3. The van der Waals surface area contributed by atoms with Crippen molar-refractivity contribution in [2.75, 3.05) is 20.1 Å². The monoisotopic (exact) mass is 349 g/mol. The van der Waals surface area contributed by atoms with Gasteiger partial charge in [0.15, 0.2) is 0 Å². The molecule has 1 saturated heterocycles. The Kier molecular flexibility index (Phi) is 5.55. The van der Waals surface area contributed by atoms with Crippen molar-refractivity contribution >= 4 is 12.0 Å². The van der Waals surface area contributed by atoms with Crippen molar-refractivity contribution in [3.05, 3.63) is 34.2 Å². The van der Waals surface area contributed by atoms with Gasteiger partial charge in [0, 0.05) is 45.0 Å². The van der Waals surface area contributed by atoms with Gasteiger partial charge >= 0.3 is 6.09 Å². The van der Waals surface area contributed by atoms with E-state index >= 15 is 0 Å². The first-order valence-corrected chi connectivity index (χ1v) is 8.50. The van der Waals surface area contributed by atoms with Crippen LogP contribution in [0.15, 0.2) is 23.1 Å². The first-order chi connectivity index (χ1) is 11.6. The van der Waals surface area contributed by atoms with Crippen LogP contribution in [0, 0.1) is 0 Å². The molecule has 7 nitrogen and oxygen atoms in total. The van der Waals surface area contributed by atoms with Crippen molar-refractivity contribution in [1.82, 2.24) is 14.4 Å². The number of carbonyl (C=O) groups excluding carboxylic acids is 2. The normalized spacial score (nSPS) is 18.0. The summed E-state index contributed by atoms with van der Waals surface area (Å²) in [6, 6.07) is 2.90. The molecule has 25 heavy (non-hydrogen) atoms. The van der Waals surface area contributed by atoms with Crippen molar-refractivity contribution in [3.63, 3.8) is 0 Å². The molecule has 0 N–H and O–H groups in total. The zero-order valence-corrected chi connectivity index (χ0v) is 15.6. The topological polar surface area (TPSA) is 71.8 Å². The molecule has 1 unspecified atom stereocenters. The van der Waals surface area contributed by atoms with Crippen molar-refractivity contribution in [1.29, 1.82) is 0 Å². The summed E-state index contributed by atoms with van der Waals surface area (Å²) in [5.41, 5.74) is -0.395. The third-order valence-electron chi connectivity index (χ3n) is 4.26. The highest BCUT2D eigenvalue weighted by molar-refractivity contribution is 5.94. The molecule has 2 heterocycles. The average Bonchev–Trinajstić information content (AvgIpc) is 2.54. The first-order valence-electron chi connectivity index (χ1n) is 8.50. The number of hydrogen-bond acceptors (Lipinski definition) is 4. The van der Waals surface area contributed by atoms with Crippen LogP contribution in [0.25, 0.3) is 0 Å². The standard InChI is InChI=1S/C18H27N3O4/c1-18(2,3)25-17(24)20(5)14-7-6-9-21(12-14)16(23)13-8-10-19(4)15(22)11-13/h8,10-11,14H,6-7,9,12H2,1-5H3. The Labute approximate surface area is 148 Å². The Morgan fingerprint density at radius 3 is 2.60 bits per heavy atom. The van der Waals surface area contributed by atoms with E-state index in [1.165, 1.54) is 10.6 Å². The summed E-state index contributed by atoms with van der Waals surface area (Å²) < 4.78 is 6.82. The summed E-state index contributed by atoms with van der Waals surface area (Å²) >= 11 is 0. The minimum atomic E-state index is -0.556. The fraction of sp³-hybridized carbons (Fsp3) is 0.611. The summed E-state index contributed by atoms with van der Waals surface area (Å²) in [5.74, 6) is -0.181. The zero-order chi connectivity index (χ0) is 18.8. The minimum Gasteiger partial charge on any atom is -0.444 e. The first kappa shape index (κ1) is 19.0. The van der Waals surface area contributed by atoms with Gasteiger partial charge in [-0.2, -0.15) is 0 Å². The Morgan fingerprint density at radius 2 is 2.00 bits per heavy atom. The largest absolute Gasteiger partial charge is 0.444 e. The van der Waals surface area contributed by atoms with E-state index in [-0.39, 0.29) is 23.6 Å². The van der Waals surface area contributed by atoms with Crippen LogP contribution in [0.2, 0.25) is 0 Å². The molecule has 1 aromatic heterocycles. The second-order valence-corrected chi connectivity index (χ2v) is 7.50. The molecule has 0 radical (unpaired) electrons. The SMILES string of the molecule is CN(C(=O)OC(C)(C)C)C1CCCN(C(=O)c2ccn(C)c(=O)c2)C1. The fourth-order valence-corrected chi connectivity index (χ4v) is 2.80. The summed E-state index contributed by atoms with van der Waals surface area (Å²) in [6.45, 7) is 6.53. The second kappa shape index (κ2) is 7.29. The lowest BCUT2D eigenvalue weighted by Crippen LogP contribution is -2.51. The van der Waals surface area contributed by atoms with Crippen molar-refractivity contribution in [3.8, 4) is 0 Å². The number of hydrogen-bond donors (Lipinski definition) is 0. The highest BCUT2D eigenvalue weighted by Crippen LogP contribution is 2.19. The van der Waals surface area contributed by atoms with Crippen LogP contribution in [0.3, 0.4) is 0 Å². The molecule has 0 spiro atoms. The molecule has 1 aliphatic heterocycles. The third-order valence-corrected chi connectivity index (χ3v) is 4.26. The van der Waals surface area contributed by atoms with Gasteiger partial charge in [0.25, 0.3) is 11.5 Å². The molecule has 138 valence electrons. The third kappa shape index (κ3) is 4.84.